The third kappa shape index (κ3) is 21.6. The minimum atomic E-state index is 0. The summed E-state index contributed by atoms with van der Waals surface area (Å²) in [5, 5.41) is 15.9. The van der Waals surface area contributed by atoms with Gasteiger partial charge in [0.25, 0.3) is 40.4 Å². The van der Waals surface area contributed by atoms with E-state index in [4.69, 9.17) is 18.4 Å². The van der Waals surface area contributed by atoms with E-state index in [1.807, 2.05) is 90.5 Å². The summed E-state index contributed by atoms with van der Waals surface area (Å²) in [7, 11) is 3.58. The van der Waals surface area contributed by atoms with Gasteiger partial charge in [-0.2, -0.15) is 26.6 Å². The van der Waals surface area contributed by atoms with Crippen LogP contribution in [-0.2, 0) is 30.9 Å². The van der Waals surface area contributed by atoms with Crippen molar-refractivity contribution in [1.82, 2.24) is 34.8 Å². The molecule has 6 aromatic carbocycles. The third-order valence-corrected chi connectivity index (χ3v) is 21.7. The number of rotatable bonds is 13. The molecule has 19 aromatic rings. The maximum absolute atomic E-state index is 12.3. The number of benzene rings is 6. The third-order valence-electron chi connectivity index (χ3n) is 21.7. The zero-order chi connectivity index (χ0) is 87.8. The number of carbonyl (C=O) groups is 2. The van der Waals surface area contributed by atoms with Crippen molar-refractivity contribution in [3.63, 3.8) is 0 Å². The molecule has 0 atom stereocenters. The topological polar surface area (TPSA) is 209 Å². The van der Waals surface area contributed by atoms with Crippen molar-refractivity contribution in [2.75, 3.05) is 14.1 Å². The van der Waals surface area contributed by atoms with Crippen molar-refractivity contribution in [2.45, 2.75) is 109 Å². The zero-order valence-electron chi connectivity index (χ0n) is 73.9. The van der Waals surface area contributed by atoms with Crippen LogP contribution in [0.1, 0.15) is 100 Å². The van der Waals surface area contributed by atoms with Crippen molar-refractivity contribution in [2.24, 2.45) is 0 Å². The van der Waals surface area contributed by atoms with Gasteiger partial charge in [-0.3, -0.25) is 9.59 Å². The Labute approximate surface area is 752 Å². The molecule has 0 radical (unpaired) electrons. The number of aliphatic hydroxyl groups is 1. The van der Waals surface area contributed by atoms with E-state index >= 15 is 0 Å². The van der Waals surface area contributed by atoms with Gasteiger partial charge in [0.05, 0.1) is 43.6 Å². The summed E-state index contributed by atoms with van der Waals surface area (Å²) >= 11 is 0. The van der Waals surface area contributed by atoms with Crippen LogP contribution in [0.15, 0.2) is 292 Å². The minimum Gasteiger partial charge on any atom is -0.512 e. The Kier molecular flexibility index (Phi) is 29.5. The van der Waals surface area contributed by atoms with Gasteiger partial charge in [0.15, 0.2) is 64.2 Å². The van der Waals surface area contributed by atoms with Crippen LogP contribution in [0, 0.1) is 101 Å². The average molecular weight is 1660 g/mol. The van der Waals surface area contributed by atoms with Crippen molar-refractivity contribution in [3.05, 3.63) is 406 Å². The number of H-pyrrole nitrogens is 6. The van der Waals surface area contributed by atoms with Gasteiger partial charge in [0.1, 0.15) is 12.8 Å². The van der Waals surface area contributed by atoms with Gasteiger partial charge in [-0.25, -0.2) is 40.9 Å². The number of nitrogens with zero attached hydrogens (tertiary/aromatic N) is 10. The van der Waals surface area contributed by atoms with Gasteiger partial charge in [-0.15, -0.1) is 0 Å². The molecule has 19 rings (SSSR count). The molecule has 0 aliphatic rings. The molecule has 13 aromatic heterocycles. The molecular weight excluding hydrogens is 1560 g/mol. The van der Waals surface area contributed by atoms with Crippen LogP contribution in [0.25, 0.3) is 106 Å². The van der Waals surface area contributed by atoms with Crippen molar-refractivity contribution >= 4 is 46.1 Å². The smallest absolute Gasteiger partial charge is 0.512 e. The van der Waals surface area contributed by atoms with E-state index in [0.29, 0.717) is 18.7 Å². The first-order valence-corrected chi connectivity index (χ1v) is 41.3. The Morgan fingerprint density at radius 3 is 1.03 bits per heavy atom. The van der Waals surface area contributed by atoms with Gasteiger partial charge >= 0.3 is 29.6 Å². The van der Waals surface area contributed by atoms with Crippen LogP contribution in [0.4, 0.5) is 0 Å². The predicted molar refractivity (Wildman–Crippen MR) is 488 cm³/mol. The number of fused-ring (bicyclic) bond motifs is 6. The molecule has 0 saturated heterocycles. The number of aryl methyl sites for hydroxylation is 12. The molecule has 13 heterocycles. The summed E-state index contributed by atoms with van der Waals surface area (Å²) in [4.78, 5) is 49.5. The Balaban J connectivity index is 0.000000136. The quantitative estimate of drug-likeness (QED) is 0.0260. The Morgan fingerprint density at radius 1 is 0.360 bits per heavy atom. The Hall–Kier alpha value is -14.3. The van der Waals surface area contributed by atoms with E-state index in [9.17, 15) is 14.7 Å². The largest absolute Gasteiger partial charge is 1.00 e. The monoisotopic (exact) mass is 1660 g/mol. The molecule has 0 fully saturated rings. The SMILES string of the molecule is Cc1ccc(-c2[nH]c3ccc(C)c[n+]3c2C=O)cc1.Cc1ccc(-c2[nH]c3ccc(C)c[n+]3c2CC(=O)N(C)C)cc1.Cc1ccc(-c2[nH]c3ccc(C)c[n+]3c2CO)cc1.Cc1ccc(-c2[nH]c3ccc(C)c[n+]3c2C[n+]2ccccc2)cc1.Cc1ccc(-c2c[n+]3cc(C)ccc3[nH]2)cc1.[C-]#N.[C-]#[N+]Cc1c(-c2ccc(C)cc2)[nH]c2ccc(C)c[n+]12.[Na+]. The fourth-order valence-corrected chi connectivity index (χ4v) is 14.9. The second-order valence-corrected chi connectivity index (χ2v) is 31.9. The average Bonchev–Trinajstić information content (AvgIpc) is 1.65. The molecule has 0 unspecified atom stereocenters. The summed E-state index contributed by atoms with van der Waals surface area (Å²) in [6, 6.07) is 81.5. The summed E-state index contributed by atoms with van der Waals surface area (Å²) in [5.41, 5.74) is 38.5. The number of likely N-dealkylation sites (N-methyl/N-ethyl adjacent to an activating group) is 1. The number of pyridine rings is 7. The molecule has 0 bridgehead atoms. The number of aromatic nitrogens is 13. The van der Waals surface area contributed by atoms with Crippen molar-refractivity contribution in [1.29, 1.82) is 5.26 Å². The minimum absolute atomic E-state index is 0. The summed E-state index contributed by atoms with van der Waals surface area (Å²) in [6.45, 7) is 38.1. The fraction of sp³-hybridized carbons (Fsp3) is 0.171. The molecule has 0 saturated carbocycles. The summed E-state index contributed by atoms with van der Waals surface area (Å²) < 4.78 is 14.7. The maximum atomic E-state index is 12.3. The molecule has 20 heteroatoms. The van der Waals surface area contributed by atoms with Crippen molar-refractivity contribution in [3.8, 4) is 67.5 Å². The van der Waals surface area contributed by atoms with Gasteiger partial charge in [-0.1, -0.05) is 185 Å². The van der Waals surface area contributed by atoms with Gasteiger partial charge < -0.3 is 26.7 Å². The number of hydrogen-bond donors (Lipinski definition) is 7. The first kappa shape index (κ1) is 89.9. The molecule has 19 nitrogen and oxygen atoms in total. The molecule has 7 N–H and O–H groups in total. The van der Waals surface area contributed by atoms with E-state index in [2.05, 4.69) is 351 Å². The van der Waals surface area contributed by atoms with Gasteiger partial charge in [-0.05, 0) is 153 Å². The van der Waals surface area contributed by atoms with E-state index in [1.165, 1.54) is 78.1 Å². The second-order valence-electron chi connectivity index (χ2n) is 31.9. The number of hydrogen-bond acceptors (Lipinski definition) is 4. The van der Waals surface area contributed by atoms with Crippen LogP contribution >= 0.6 is 0 Å². The number of aromatic amines is 6. The standard InChI is InChI=1S/C21H20N3.C19H21N3O.C17H15N3.C16H16N2O.C16H14N2O.C15H14N2.CN.Na/c1-16-6-9-18(10-7-16)21-19(15-23-12-4-3-5-13-23)24-14-17(2)8-11-20(24)22-21;1-13-5-8-15(9-6-13)19-16(11-18(23)21(3)4)22-12-14(2)7-10-17(22)20-19;1-12-4-7-14(8-5-12)17-15(10-18-3)20-11-13(2)6-9-16(20)19-17;2*1-11-3-6-13(7-4-11)16-14(10-19)18-9-12(2)5-8-15(18)17-16;1-11-3-6-13(7-4-11)14-10-17-9-12(2)5-8-15(17)16-14;1-2;/h3-14H,15H2,1-2H3;5-10,12H,11H2,1-4H3;4-9,11H,10H2,1-2H3;3-9,19H,10H2,1-2H3;3-10H,1-2H3;3-10H,1-2H3;;/q+1;;;;;;-1;+1/p+6. The Bertz CT molecular complexity index is 7030. The first-order chi connectivity index (χ1) is 59.9. The summed E-state index contributed by atoms with van der Waals surface area (Å²) in [6.07, 6.45) is 20.1. The molecule has 0 aliphatic heterocycles. The zero-order valence-corrected chi connectivity index (χ0v) is 75.9. The van der Waals surface area contributed by atoms with Gasteiger partial charge in [0.2, 0.25) is 29.5 Å². The predicted octanol–water partition coefficient (Wildman–Crippen LogP) is 15.0. The second kappa shape index (κ2) is 41.0. The van der Waals surface area contributed by atoms with Crippen LogP contribution in [0.2, 0.25) is 0 Å². The fourth-order valence-electron chi connectivity index (χ4n) is 14.9. The van der Waals surface area contributed by atoms with Crippen LogP contribution in [-0.4, -0.2) is 66.2 Å². The van der Waals surface area contributed by atoms with Gasteiger partial charge in [0, 0.05) is 96.0 Å². The normalized spacial score (nSPS) is 10.7. The van der Waals surface area contributed by atoms with E-state index in [0.717, 1.165) is 126 Å². The van der Waals surface area contributed by atoms with Crippen LogP contribution < -0.4 is 60.5 Å². The number of carbonyl (C=O) groups excluding carboxylic acids is 2. The number of nitrogens with one attached hydrogen (secondary N) is 6. The maximum Gasteiger partial charge on any atom is 1.00 e. The van der Waals surface area contributed by atoms with E-state index < -0.39 is 0 Å². The Morgan fingerprint density at radius 2 is 0.656 bits per heavy atom. The number of imidazole rings is 6. The number of aliphatic hydroxyl groups excluding tert-OH is 1. The van der Waals surface area contributed by atoms with Crippen molar-refractivity contribution < 1.29 is 75.2 Å². The summed E-state index contributed by atoms with van der Waals surface area (Å²) in [5.74, 6) is 0.0910. The molecule has 0 spiro atoms. The molecule has 1 amide bonds. The molecule has 0 aliphatic carbocycles. The molecule has 618 valence electrons. The molecule has 125 heavy (non-hydrogen) atoms. The molecular formula is C105H106N16NaO3+7. The van der Waals surface area contributed by atoms with E-state index in [-0.39, 0.29) is 42.1 Å². The number of amides is 1. The van der Waals surface area contributed by atoms with Crippen LogP contribution in [0.5, 0.6) is 0 Å². The first-order valence-electron chi connectivity index (χ1n) is 41.3. The number of aldehydes is 1. The van der Waals surface area contributed by atoms with Crippen LogP contribution in [0.3, 0.4) is 0 Å². The van der Waals surface area contributed by atoms with E-state index in [1.54, 1.807) is 19.0 Å².